The molecule has 0 spiro atoms. The second kappa shape index (κ2) is 7.04. The highest BCUT2D eigenvalue weighted by Gasteiger charge is 2.12. The molecular weight excluding hydrogens is 388 g/mol. The van der Waals surface area contributed by atoms with Gasteiger partial charge in [-0.05, 0) is 36.8 Å². The van der Waals surface area contributed by atoms with Crippen molar-refractivity contribution in [2.24, 2.45) is 0 Å². The first-order valence-corrected chi connectivity index (χ1v) is 9.65. The van der Waals surface area contributed by atoms with Crippen LogP contribution < -0.4 is 5.43 Å². The van der Waals surface area contributed by atoms with Crippen molar-refractivity contribution < 1.29 is 0 Å². The fourth-order valence-corrected chi connectivity index (χ4v) is 3.64. The summed E-state index contributed by atoms with van der Waals surface area (Å²) in [6, 6.07) is 17.8. The zero-order valence-corrected chi connectivity index (χ0v) is 16.2. The van der Waals surface area contributed by atoms with Crippen molar-refractivity contribution in [3.8, 4) is 11.3 Å². The van der Waals surface area contributed by atoms with Crippen molar-refractivity contribution in [2.45, 2.75) is 26.3 Å². The number of hydrogen-bond acceptors (Lipinski definition) is 2. The number of fused-ring (bicyclic) bond motifs is 2. The molecule has 2 heterocycles. The lowest BCUT2D eigenvalue weighted by atomic mass is 10.1. The van der Waals surface area contributed by atoms with E-state index in [0.29, 0.717) is 5.56 Å². The van der Waals surface area contributed by atoms with Gasteiger partial charge in [0.15, 0.2) is 5.43 Å². The van der Waals surface area contributed by atoms with Gasteiger partial charge in [0, 0.05) is 28.0 Å². The molecule has 4 heteroatoms. The molecule has 3 nitrogen and oxygen atoms in total. The van der Waals surface area contributed by atoms with Gasteiger partial charge >= 0.3 is 0 Å². The quantitative estimate of drug-likeness (QED) is 0.430. The van der Waals surface area contributed by atoms with Crippen LogP contribution in [0.5, 0.6) is 0 Å². The summed E-state index contributed by atoms with van der Waals surface area (Å²) in [5, 5.41) is 1.80. The minimum Gasteiger partial charge on any atom is -0.347 e. The molecule has 130 valence electrons. The van der Waals surface area contributed by atoms with Crippen molar-refractivity contribution in [3.63, 3.8) is 0 Å². The normalized spacial score (nSPS) is 11.3. The average molecular weight is 407 g/mol. The van der Waals surface area contributed by atoms with Crippen LogP contribution in [-0.4, -0.2) is 9.55 Å². The number of hydrogen-bond donors (Lipinski definition) is 0. The summed E-state index contributed by atoms with van der Waals surface area (Å²) in [6.45, 7) is 3.06. The van der Waals surface area contributed by atoms with Crippen LogP contribution in [0.3, 0.4) is 0 Å². The minimum atomic E-state index is 0.0248. The molecule has 4 rings (SSSR count). The van der Waals surface area contributed by atoms with E-state index in [1.165, 1.54) is 0 Å². The number of pyridine rings is 2. The Hall–Kier alpha value is -2.46. The largest absolute Gasteiger partial charge is 0.347 e. The highest BCUT2D eigenvalue weighted by molar-refractivity contribution is 9.10. The zero-order chi connectivity index (χ0) is 18.1. The molecule has 0 saturated heterocycles. The van der Waals surface area contributed by atoms with Crippen LogP contribution in [0.4, 0.5) is 0 Å². The summed E-state index contributed by atoms with van der Waals surface area (Å²) in [6.07, 6.45) is 4.14. The number of halogens is 1. The molecule has 0 fully saturated rings. The average Bonchev–Trinajstić information content (AvgIpc) is 2.67. The number of nitrogens with zero attached hydrogens (tertiary/aromatic N) is 2. The Morgan fingerprint density at radius 3 is 2.77 bits per heavy atom. The van der Waals surface area contributed by atoms with Gasteiger partial charge in [-0.1, -0.05) is 53.5 Å². The van der Waals surface area contributed by atoms with Crippen molar-refractivity contribution >= 4 is 37.7 Å². The van der Waals surface area contributed by atoms with Crippen molar-refractivity contribution in [1.82, 2.24) is 9.55 Å². The van der Waals surface area contributed by atoms with Gasteiger partial charge in [-0.15, -0.1) is 0 Å². The second-order valence-corrected chi connectivity index (χ2v) is 7.39. The molecule has 26 heavy (non-hydrogen) atoms. The monoisotopic (exact) mass is 406 g/mol. The second-order valence-electron chi connectivity index (χ2n) is 6.47. The van der Waals surface area contributed by atoms with Crippen LogP contribution in [0.15, 0.2) is 70.1 Å². The van der Waals surface area contributed by atoms with Gasteiger partial charge in [-0.2, -0.15) is 0 Å². The number of benzene rings is 2. The highest BCUT2D eigenvalue weighted by Crippen LogP contribution is 2.24. The van der Waals surface area contributed by atoms with Crippen LogP contribution >= 0.6 is 15.9 Å². The maximum Gasteiger partial charge on any atom is 0.198 e. The van der Waals surface area contributed by atoms with Crippen LogP contribution in [0.25, 0.3) is 33.1 Å². The van der Waals surface area contributed by atoms with Gasteiger partial charge in [0.1, 0.15) is 0 Å². The summed E-state index contributed by atoms with van der Waals surface area (Å²) in [5.41, 5.74) is 3.27. The molecule has 0 amide bonds. The molecule has 0 aliphatic carbocycles. The minimum absolute atomic E-state index is 0.0248. The maximum absolute atomic E-state index is 13.2. The molecule has 0 atom stereocenters. The lowest BCUT2D eigenvalue weighted by Crippen LogP contribution is -2.13. The summed E-state index contributed by atoms with van der Waals surface area (Å²) >= 11 is 3.49. The van der Waals surface area contributed by atoms with E-state index in [2.05, 4.69) is 27.4 Å². The number of aryl methyl sites for hydroxylation is 1. The van der Waals surface area contributed by atoms with E-state index in [-0.39, 0.29) is 5.43 Å². The zero-order valence-electron chi connectivity index (χ0n) is 14.6. The first-order valence-electron chi connectivity index (χ1n) is 8.86. The van der Waals surface area contributed by atoms with Gasteiger partial charge in [0.25, 0.3) is 0 Å². The Kier molecular flexibility index (Phi) is 4.60. The molecule has 0 unspecified atom stereocenters. The van der Waals surface area contributed by atoms with E-state index in [0.717, 1.165) is 51.4 Å². The summed E-state index contributed by atoms with van der Waals surface area (Å²) in [7, 11) is 0. The van der Waals surface area contributed by atoms with Gasteiger partial charge < -0.3 is 4.57 Å². The smallest absolute Gasteiger partial charge is 0.198 e. The molecule has 0 radical (unpaired) electrons. The van der Waals surface area contributed by atoms with Crippen LogP contribution in [0, 0.1) is 0 Å². The Bertz CT molecular complexity index is 1160. The molecule has 2 aromatic heterocycles. The summed E-state index contributed by atoms with van der Waals surface area (Å²) in [5.74, 6) is 0. The van der Waals surface area contributed by atoms with Gasteiger partial charge in [-0.3, -0.25) is 4.79 Å². The third-order valence-corrected chi connectivity index (χ3v) is 5.16. The lowest BCUT2D eigenvalue weighted by Gasteiger charge is -2.13. The Balaban J connectivity index is 1.98. The molecular formula is C22H19BrN2O. The fraction of sp³-hybridized carbons (Fsp3) is 0.182. The van der Waals surface area contributed by atoms with E-state index >= 15 is 0 Å². The first-order chi connectivity index (χ1) is 12.7. The standard InChI is InChI=1S/C22H19BrN2O/c1-2-3-12-25-14-18(22(26)17-13-16(23)9-11-21(17)25)20-10-8-15-6-4-5-7-19(15)24-20/h4-11,13-14H,2-3,12H2,1H3. The molecule has 0 N–H and O–H groups in total. The number of para-hydroxylation sites is 1. The van der Waals surface area contributed by atoms with Crippen LogP contribution in [0.2, 0.25) is 0 Å². The van der Waals surface area contributed by atoms with Crippen molar-refractivity contribution in [2.75, 3.05) is 0 Å². The van der Waals surface area contributed by atoms with Crippen LogP contribution in [0.1, 0.15) is 19.8 Å². The SMILES string of the molecule is CCCCn1cc(-c2ccc3ccccc3n2)c(=O)c2cc(Br)ccc21. The Labute approximate surface area is 160 Å². The highest BCUT2D eigenvalue weighted by atomic mass is 79.9. The van der Waals surface area contributed by atoms with E-state index in [9.17, 15) is 4.79 Å². The van der Waals surface area contributed by atoms with Gasteiger partial charge in [0.05, 0.1) is 22.3 Å². The maximum atomic E-state index is 13.2. The third kappa shape index (κ3) is 3.06. The Morgan fingerprint density at radius 1 is 1.08 bits per heavy atom. The Morgan fingerprint density at radius 2 is 1.92 bits per heavy atom. The fourth-order valence-electron chi connectivity index (χ4n) is 3.28. The number of unbranched alkanes of at least 4 members (excludes halogenated alkanes) is 1. The third-order valence-electron chi connectivity index (χ3n) is 4.67. The van der Waals surface area contributed by atoms with E-state index < -0.39 is 0 Å². The molecule has 0 bridgehead atoms. The molecule has 0 aliphatic rings. The van der Waals surface area contributed by atoms with E-state index in [1.54, 1.807) is 0 Å². The van der Waals surface area contributed by atoms with Gasteiger partial charge in [-0.25, -0.2) is 4.98 Å². The van der Waals surface area contributed by atoms with E-state index in [4.69, 9.17) is 4.98 Å². The van der Waals surface area contributed by atoms with Gasteiger partial charge in [0.2, 0.25) is 0 Å². The summed E-state index contributed by atoms with van der Waals surface area (Å²) < 4.78 is 3.09. The van der Waals surface area contributed by atoms with Crippen molar-refractivity contribution in [3.05, 3.63) is 75.5 Å². The molecule has 2 aromatic carbocycles. The molecule has 0 saturated carbocycles. The number of rotatable bonds is 4. The van der Waals surface area contributed by atoms with Crippen molar-refractivity contribution in [1.29, 1.82) is 0 Å². The molecule has 0 aliphatic heterocycles. The first kappa shape index (κ1) is 17.0. The van der Waals surface area contributed by atoms with Crippen LogP contribution in [-0.2, 0) is 6.54 Å². The predicted molar refractivity (Wildman–Crippen MR) is 112 cm³/mol. The topological polar surface area (TPSA) is 34.9 Å². The summed E-state index contributed by atoms with van der Waals surface area (Å²) in [4.78, 5) is 17.9. The lowest BCUT2D eigenvalue weighted by molar-refractivity contribution is 0.646. The van der Waals surface area contributed by atoms with E-state index in [1.807, 2.05) is 60.8 Å². The predicted octanol–water partition coefficient (Wildman–Crippen LogP) is 5.78. The molecule has 4 aromatic rings. The number of aromatic nitrogens is 2.